The number of methoxy groups -OCH3 is 1. The number of halogens is 2. The molecule has 0 atom stereocenters. The molecule has 1 heterocycles. The smallest absolute Gasteiger partial charge is 0.241 e. The number of sulfonamides is 1. The first-order valence-electron chi connectivity index (χ1n) is 7.95. The predicted molar refractivity (Wildman–Crippen MR) is 103 cm³/mol. The van der Waals surface area contributed by atoms with Crippen molar-refractivity contribution in [2.24, 2.45) is 0 Å². The van der Waals surface area contributed by atoms with Crippen LogP contribution in [0, 0.1) is 0 Å². The van der Waals surface area contributed by atoms with Gasteiger partial charge in [-0.05, 0) is 18.9 Å². The summed E-state index contributed by atoms with van der Waals surface area (Å²) in [5.74, 6) is 0.396. The topological polar surface area (TPSA) is 87.7 Å². The van der Waals surface area contributed by atoms with Crippen LogP contribution in [0.15, 0.2) is 24.1 Å². The number of carbonyl (C=O) groups is 1. The van der Waals surface area contributed by atoms with Gasteiger partial charge in [-0.25, -0.2) is 13.1 Å². The minimum Gasteiger partial charge on any atom is -0.495 e. The minimum atomic E-state index is -3.46. The summed E-state index contributed by atoms with van der Waals surface area (Å²) in [6.45, 7) is 4.29. The maximum absolute atomic E-state index is 12.4. The normalized spacial score (nSPS) is 15.6. The second kappa shape index (κ2) is 8.94. The maximum atomic E-state index is 12.4. The third-order valence-electron chi connectivity index (χ3n) is 4.07. The van der Waals surface area contributed by atoms with E-state index in [2.05, 4.69) is 16.6 Å². The lowest BCUT2D eigenvalue weighted by molar-refractivity contribution is -0.130. The summed E-state index contributed by atoms with van der Waals surface area (Å²) in [6.07, 6.45) is 1.10. The Bertz CT molecular complexity index is 778. The molecule has 7 nitrogen and oxygen atoms in total. The summed E-state index contributed by atoms with van der Waals surface area (Å²) in [5, 5.41) is 4.62. The van der Waals surface area contributed by atoms with Gasteiger partial charge in [-0.2, -0.15) is 0 Å². The molecule has 1 aliphatic heterocycles. The van der Waals surface area contributed by atoms with E-state index in [-0.39, 0.29) is 18.5 Å². The van der Waals surface area contributed by atoms with Crippen molar-refractivity contribution >= 4 is 44.8 Å². The first kappa shape index (κ1) is 20.8. The number of rotatable bonds is 7. The van der Waals surface area contributed by atoms with Gasteiger partial charge in [-0.1, -0.05) is 29.8 Å². The van der Waals surface area contributed by atoms with Crippen LogP contribution in [0.25, 0.3) is 0 Å². The molecular formula is C16H21Cl2N3O4S. The maximum Gasteiger partial charge on any atom is 0.241 e. The summed E-state index contributed by atoms with van der Waals surface area (Å²) in [7, 11) is -1.96. The van der Waals surface area contributed by atoms with Gasteiger partial charge in [0.1, 0.15) is 5.75 Å². The zero-order valence-corrected chi connectivity index (χ0v) is 16.6. The Morgan fingerprint density at radius 3 is 2.54 bits per heavy atom. The Morgan fingerprint density at radius 1 is 1.35 bits per heavy atom. The summed E-state index contributed by atoms with van der Waals surface area (Å²) in [4.78, 5) is 14.1. The molecule has 1 amide bonds. The van der Waals surface area contributed by atoms with Gasteiger partial charge in [-0.3, -0.25) is 4.79 Å². The first-order valence-corrected chi connectivity index (χ1v) is 10.3. The largest absolute Gasteiger partial charge is 0.495 e. The molecule has 0 bridgehead atoms. The molecule has 2 N–H and O–H groups in total. The van der Waals surface area contributed by atoms with E-state index in [4.69, 9.17) is 27.9 Å². The number of amides is 1. The molecular weight excluding hydrogens is 401 g/mol. The molecule has 0 aliphatic carbocycles. The minimum absolute atomic E-state index is 0.0668. The van der Waals surface area contributed by atoms with Gasteiger partial charge < -0.3 is 15.0 Å². The van der Waals surface area contributed by atoms with Crippen molar-refractivity contribution in [2.45, 2.75) is 18.9 Å². The van der Waals surface area contributed by atoms with Crippen molar-refractivity contribution in [3.8, 4) is 5.75 Å². The highest BCUT2D eigenvalue weighted by Crippen LogP contribution is 2.34. The second-order valence-corrected chi connectivity index (χ2v) is 8.28. The van der Waals surface area contributed by atoms with Crippen molar-refractivity contribution in [3.63, 3.8) is 0 Å². The lowest BCUT2D eigenvalue weighted by atomic mass is 10.1. The van der Waals surface area contributed by atoms with Gasteiger partial charge in [0, 0.05) is 30.6 Å². The first-order chi connectivity index (χ1) is 12.3. The molecule has 1 fully saturated rings. The standard InChI is InChI=1S/C16H21Cl2N3O4S/c1-3-26(23,24)20-11-4-6-21(7-5-11)16(22)10-19-14-8-12(17)13(18)9-15(14)25-2/h3,8-9,11,19-20H,1,4-7,10H2,2H3. The Labute approximate surface area is 163 Å². The lowest BCUT2D eigenvalue weighted by Crippen LogP contribution is -2.47. The number of carbonyl (C=O) groups excluding carboxylic acids is 1. The number of nitrogens with zero attached hydrogens (tertiary/aromatic N) is 1. The van der Waals surface area contributed by atoms with E-state index in [0.717, 1.165) is 5.41 Å². The second-order valence-electron chi connectivity index (χ2n) is 5.80. The zero-order chi connectivity index (χ0) is 19.3. The van der Waals surface area contributed by atoms with Crippen molar-refractivity contribution in [2.75, 3.05) is 32.1 Å². The van der Waals surface area contributed by atoms with Crippen LogP contribution in [0.2, 0.25) is 10.0 Å². The molecule has 10 heteroatoms. The number of nitrogens with one attached hydrogen (secondary N) is 2. The molecule has 1 saturated heterocycles. The number of likely N-dealkylation sites (tertiary alicyclic amines) is 1. The van der Waals surface area contributed by atoms with Gasteiger partial charge in [-0.15, -0.1) is 0 Å². The quantitative estimate of drug-likeness (QED) is 0.705. The van der Waals surface area contributed by atoms with E-state index in [1.807, 2.05) is 0 Å². The molecule has 1 aliphatic rings. The molecule has 0 unspecified atom stereocenters. The Kier molecular flexibility index (Phi) is 7.16. The molecule has 0 aromatic heterocycles. The molecule has 0 spiro atoms. The van der Waals surface area contributed by atoms with Crippen molar-refractivity contribution < 1.29 is 17.9 Å². The van der Waals surface area contributed by atoms with Crippen LogP contribution in [0.3, 0.4) is 0 Å². The summed E-state index contributed by atoms with van der Waals surface area (Å²) < 4.78 is 30.8. The fourth-order valence-electron chi connectivity index (χ4n) is 2.65. The number of ether oxygens (including phenoxy) is 1. The number of hydrogen-bond acceptors (Lipinski definition) is 5. The monoisotopic (exact) mass is 421 g/mol. The van der Waals surface area contributed by atoms with E-state index in [1.165, 1.54) is 7.11 Å². The summed E-state index contributed by atoms with van der Waals surface area (Å²) >= 11 is 12.0. The fraction of sp³-hybridized carbons (Fsp3) is 0.438. The third-order valence-corrected chi connectivity index (χ3v) is 5.89. The summed E-state index contributed by atoms with van der Waals surface area (Å²) in [6, 6.07) is 2.99. The van der Waals surface area contributed by atoms with Crippen molar-refractivity contribution in [1.29, 1.82) is 0 Å². The van der Waals surface area contributed by atoms with Crippen LogP contribution in [0.4, 0.5) is 5.69 Å². The van der Waals surface area contributed by atoms with Crippen LogP contribution in [0.1, 0.15) is 12.8 Å². The molecule has 1 aromatic carbocycles. The van der Waals surface area contributed by atoms with Gasteiger partial charge >= 0.3 is 0 Å². The highest BCUT2D eigenvalue weighted by molar-refractivity contribution is 7.92. The molecule has 0 saturated carbocycles. The van der Waals surface area contributed by atoms with Gasteiger partial charge in [0.15, 0.2) is 0 Å². The highest BCUT2D eigenvalue weighted by Gasteiger charge is 2.25. The number of hydrogen-bond donors (Lipinski definition) is 2. The van der Waals surface area contributed by atoms with Crippen molar-refractivity contribution in [1.82, 2.24) is 9.62 Å². The van der Waals surface area contributed by atoms with Crippen molar-refractivity contribution in [3.05, 3.63) is 34.2 Å². The molecule has 1 aromatic rings. The lowest BCUT2D eigenvalue weighted by Gasteiger charge is -2.32. The molecule has 144 valence electrons. The van der Waals surface area contributed by atoms with Gasteiger partial charge in [0.05, 0.1) is 29.4 Å². The average Bonchev–Trinajstić information content (AvgIpc) is 2.62. The van der Waals surface area contributed by atoms with E-state index in [1.54, 1.807) is 17.0 Å². The Morgan fingerprint density at radius 2 is 1.96 bits per heavy atom. The molecule has 0 radical (unpaired) electrons. The van der Waals surface area contributed by atoms with Gasteiger partial charge in [0.25, 0.3) is 0 Å². The predicted octanol–water partition coefficient (Wildman–Crippen LogP) is 2.47. The average molecular weight is 422 g/mol. The van der Waals surface area contributed by atoms with E-state index in [9.17, 15) is 13.2 Å². The van der Waals surface area contributed by atoms with Crippen LogP contribution in [-0.2, 0) is 14.8 Å². The molecule has 2 rings (SSSR count). The zero-order valence-electron chi connectivity index (χ0n) is 14.3. The van der Waals surface area contributed by atoms with Crippen LogP contribution in [-0.4, -0.2) is 52.0 Å². The third kappa shape index (κ3) is 5.51. The number of piperidine rings is 1. The van der Waals surface area contributed by atoms with Crippen LogP contribution >= 0.6 is 23.2 Å². The Hall–Kier alpha value is -1.48. The van der Waals surface area contributed by atoms with Crippen LogP contribution in [0.5, 0.6) is 5.75 Å². The molecule has 26 heavy (non-hydrogen) atoms. The fourth-order valence-corrected chi connectivity index (χ4v) is 3.76. The van der Waals surface area contributed by atoms with E-state index in [0.29, 0.717) is 47.4 Å². The highest BCUT2D eigenvalue weighted by atomic mass is 35.5. The SMILES string of the molecule is C=CS(=O)(=O)NC1CCN(C(=O)CNc2cc(Cl)c(Cl)cc2OC)CC1. The van der Waals surface area contributed by atoms with Gasteiger partial charge in [0.2, 0.25) is 15.9 Å². The number of benzene rings is 1. The van der Waals surface area contributed by atoms with Crippen LogP contribution < -0.4 is 14.8 Å². The summed E-state index contributed by atoms with van der Waals surface area (Å²) in [5.41, 5.74) is 0.573. The van der Waals surface area contributed by atoms with E-state index >= 15 is 0 Å². The number of anilines is 1. The Balaban J connectivity index is 1.88. The van der Waals surface area contributed by atoms with E-state index < -0.39 is 10.0 Å².